The summed E-state index contributed by atoms with van der Waals surface area (Å²) in [7, 11) is 0. The molecule has 0 aliphatic heterocycles. The van der Waals surface area contributed by atoms with Crippen LogP contribution in [0.3, 0.4) is 0 Å². The Morgan fingerprint density at radius 3 is 2.55 bits per heavy atom. The topological polar surface area (TPSA) is 20.2 Å². The summed E-state index contributed by atoms with van der Waals surface area (Å²) in [4.78, 5) is 0. The third kappa shape index (κ3) is 3.00. The van der Waals surface area contributed by atoms with Crippen molar-refractivity contribution < 1.29 is 22.2 Å². The minimum Gasteiger partial charge on any atom is -0.386 e. The van der Waals surface area contributed by atoms with Crippen LogP contribution in [0.4, 0.5) is 0 Å². The fourth-order valence-corrected chi connectivity index (χ4v) is 1.20. The minimum absolute atomic E-state index is 0. The van der Waals surface area contributed by atoms with Gasteiger partial charge >= 0.3 is 0 Å². The van der Waals surface area contributed by atoms with Crippen molar-refractivity contribution in [2.24, 2.45) is 0 Å². The SMILES string of the molecule is CC1=C(Cl)C=CC(C)(O)C1.[Cu]. The molecule has 0 aromatic rings. The molecule has 0 spiro atoms. The molecule has 67 valence electrons. The van der Waals surface area contributed by atoms with Crippen molar-refractivity contribution in [3.63, 3.8) is 0 Å². The maximum absolute atomic E-state index is 9.48. The summed E-state index contributed by atoms with van der Waals surface area (Å²) in [6.07, 6.45) is 4.12. The molecule has 0 saturated heterocycles. The Labute approximate surface area is 82.6 Å². The monoisotopic (exact) mass is 221 g/mol. The van der Waals surface area contributed by atoms with Crippen molar-refractivity contribution in [2.45, 2.75) is 25.9 Å². The molecule has 0 fully saturated rings. The normalized spacial score (nSPS) is 30.2. The van der Waals surface area contributed by atoms with E-state index in [1.54, 1.807) is 19.1 Å². The number of aliphatic hydroxyl groups is 1. The quantitative estimate of drug-likeness (QED) is 0.623. The van der Waals surface area contributed by atoms with Gasteiger partial charge in [-0.15, -0.1) is 0 Å². The Bertz CT molecular complexity index is 206. The van der Waals surface area contributed by atoms with Crippen LogP contribution in [0, 0.1) is 0 Å². The summed E-state index contributed by atoms with van der Waals surface area (Å²) in [5.41, 5.74) is 0.358. The van der Waals surface area contributed by atoms with Gasteiger partial charge in [-0.25, -0.2) is 0 Å². The number of allylic oxidation sites excluding steroid dienone is 2. The molecule has 0 heterocycles. The Morgan fingerprint density at radius 1 is 1.64 bits per heavy atom. The molecule has 1 aliphatic rings. The molecule has 1 aliphatic carbocycles. The average molecular weight is 222 g/mol. The summed E-state index contributed by atoms with van der Waals surface area (Å²) < 4.78 is 0. The number of hydrogen-bond acceptors (Lipinski definition) is 1. The van der Waals surface area contributed by atoms with Gasteiger partial charge in [0.15, 0.2) is 0 Å². The van der Waals surface area contributed by atoms with Crippen LogP contribution in [0.2, 0.25) is 0 Å². The summed E-state index contributed by atoms with van der Waals surface area (Å²) in [5.74, 6) is 0. The van der Waals surface area contributed by atoms with E-state index in [4.69, 9.17) is 11.6 Å². The average Bonchev–Trinajstić information content (AvgIpc) is 1.79. The van der Waals surface area contributed by atoms with E-state index in [1.165, 1.54) is 0 Å². The first kappa shape index (κ1) is 11.2. The second-order valence-corrected chi connectivity index (χ2v) is 3.40. The van der Waals surface area contributed by atoms with Crippen molar-refractivity contribution in [3.8, 4) is 0 Å². The molecule has 3 heteroatoms. The molecule has 1 nitrogen and oxygen atoms in total. The van der Waals surface area contributed by atoms with Gasteiger partial charge in [-0.1, -0.05) is 23.3 Å². The van der Waals surface area contributed by atoms with Crippen LogP contribution < -0.4 is 0 Å². The van der Waals surface area contributed by atoms with Crippen LogP contribution >= 0.6 is 11.6 Å². The Kier molecular flexibility index (Phi) is 3.86. The first-order chi connectivity index (χ1) is 4.51. The van der Waals surface area contributed by atoms with E-state index in [2.05, 4.69) is 0 Å². The molecule has 0 bridgehead atoms. The van der Waals surface area contributed by atoms with Gasteiger partial charge < -0.3 is 5.11 Å². The molecule has 1 N–H and O–H groups in total. The molecular weight excluding hydrogens is 211 g/mol. The maximum Gasteiger partial charge on any atom is 0.0840 e. The second-order valence-electron chi connectivity index (χ2n) is 3.00. The predicted molar refractivity (Wildman–Crippen MR) is 42.9 cm³/mol. The molecule has 0 aromatic carbocycles. The van der Waals surface area contributed by atoms with E-state index in [0.29, 0.717) is 6.42 Å². The van der Waals surface area contributed by atoms with Gasteiger partial charge in [0, 0.05) is 28.5 Å². The largest absolute Gasteiger partial charge is 0.386 e. The zero-order valence-corrected chi connectivity index (χ0v) is 8.19. The molecule has 0 saturated carbocycles. The van der Waals surface area contributed by atoms with Gasteiger partial charge in [0.1, 0.15) is 0 Å². The molecule has 11 heavy (non-hydrogen) atoms. The van der Waals surface area contributed by atoms with E-state index in [-0.39, 0.29) is 17.1 Å². The second kappa shape index (κ2) is 3.77. The number of hydrogen-bond donors (Lipinski definition) is 1. The van der Waals surface area contributed by atoms with Gasteiger partial charge in [-0.05, 0) is 19.9 Å². The van der Waals surface area contributed by atoms with Crippen molar-refractivity contribution in [1.29, 1.82) is 0 Å². The van der Waals surface area contributed by atoms with Crippen LogP contribution in [0.15, 0.2) is 22.8 Å². The van der Waals surface area contributed by atoms with Gasteiger partial charge in [0.05, 0.1) is 5.60 Å². The van der Waals surface area contributed by atoms with Crippen molar-refractivity contribution in [1.82, 2.24) is 0 Å². The van der Waals surface area contributed by atoms with E-state index in [1.807, 2.05) is 6.92 Å². The smallest absolute Gasteiger partial charge is 0.0840 e. The minimum atomic E-state index is -0.692. The molecule has 1 atom stereocenters. The molecule has 1 unspecified atom stereocenters. The van der Waals surface area contributed by atoms with Crippen LogP contribution in [-0.2, 0) is 17.1 Å². The van der Waals surface area contributed by atoms with Crippen LogP contribution in [0.25, 0.3) is 0 Å². The fraction of sp³-hybridized carbons (Fsp3) is 0.500. The number of halogens is 1. The molecule has 1 radical (unpaired) electrons. The van der Waals surface area contributed by atoms with E-state index in [9.17, 15) is 5.11 Å². The van der Waals surface area contributed by atoms with E-state index >= 15 is 0 Å². The summed E-state index contributed by atoms with van der Waals surface area (Å²) in [5, 5.41) is 10.2. The van der Waals surface area contributed by atoms with Crippen molar-refractivity contribution in [2.75, 3.05) is 0 Å². The van der Waals surface area contributed by atoms with Gasteiger partial charge in [-0.2, -0.15) is 0 Å². The van der Waals surface area contributed by atoms with Gasteiger partial charge in [0.2, 0.25) is 0 Å². The molecule has 0 amide bonds. The first-order valence-corrected chi connectivity index (χ1v) is 3.66. The van der Waals surface area contributed by atoms with Crippen LogP contribution in [-0.4, -0.2) is 10.7 Å². The number of rotatable bonds is 0. The van der Waals surface area contributed by atoms with Crippen molar-refractivity contribution >= 4 is 11.6 Å². The van der Waals surface area contributed by atoms with Crippen LogP contribution in [0.5, 0.6) is 0 Å². The summed E-state index contributed by atoms with van der Waals surface area (Å²) in [6, 6.07) is 0. The zero-order chi connectivity index (χ0) is 7.78. The van der Waals surface area contributed by atoms with Crippen LogP contribution in [0.1, 0.15) is 20.3 Å². The van der Waals surface area contributed by atoms with Crippen molar-refractivity contribution in [3.05, 3.63) is 22.8 Å². The summed E-state index contributed by atoms with van der Waals surface area (Å²) >= 11 is 5.78. The molecule has 1 rings (SSSR count). The first-order valence-electron chi connectivity index (χ1n) is 3.28. The Balaban J connectivity index is 0.000001000. The van der Waals surface area contributed by atoms with E-state index < -0.39 is 5.60 Å². The predicted octanol–water partition coefficient (Wildman–Crippen LogP) is 2.21. The van der Waals surface area contributed by atoms with E-state index in [0.717, 1.165) is 10.6 Å². The molecular formula is C8H11ClCuO. The summed E-state index contributed by atoms with van der Waals surface area (Å²) in [6.45, 7) is 3.70. The molecule has 0 aromatic heterocycles. The Hall–Kier alpha value is 0.249. The van der Waals surface area contributed by atoms with Gasteiger partial charge in [-0.3, -0.25) is 0 Å². The standard InChI is InChI=1S/C8H11ClO.Cu/c1-6-5-8(2,10)4-3-7(6)9;/h3-4,10H,5H2,1-2H3;. The zero-order valence-electron chi connectivity index (χ0n) is 6.49. The maximum atomic E-state index is 9.48. The van der Waals surface area contributed by atoms with Gasteiger partial charge in [0.25, 0.3) is 0 Å². The third-order valence-corrected chi connectivity index (χ3v) is 2.07. The third-order valence-electron chi connectivity index (χ3n) is 1.62. The Morgan fingerprint density at radius 2 is 2.18 bits per heavy atom. The fourth-order valence-electron chi connectivity index (χ4n) is 1.08.